The van der Waals surface area contributed by atoms with Crippen LogP contribution < -0.4 is 0 Å². The van der Waals surface area contributed by atoms with Crippen molar-refractivity contribution in [2.24, 2.45) is 0 Å². The number of hydrogen-bond acceptors (Lipinski definition) is 4. The normalized spacial score (nSPS) is 18.0. The van der Waals surface area contributed by atoms with E-state index in [0.29, 0.717) is 6.42 Å². The number of hydrogen-bond donors (Lipinski definition) is 0. The third-order valence-corrected chi connectivity index (χ3v) is 6.06. The van der Waals surface area contributed by atoms with Crippen LogP contribution in [-0.2, 0) is 27.6 Å². The summed E-state index contributed by atoms with van der Waals surface area (Å²) in [5, 5.41) is 0. The number of imidazole rings is 1. The fourth-order valence-electron chi connectivity index (χ4n) is 3.48. The average Bonchev–Trinajstić information content (AvgIpc) is 3.13. The van der Waals surface area contributed by atoms with Crippen LogP contribution in [0.25, 0.3) is 0 Å². The van der Waals surface area contributed by atoms with E-state index in [2.05, 4.69) is 4.98 Å². The predicted octanol–water partition coefficient (Wildman–Crippen LogP) is 2.30. The molecule has 3 rings (SSSR count). The molecule has 0 unspecified atom stereocenters. The highest BCUT2D eigenvalue weighted by atomic mass is 32.2. The van der Waals surface area contributed by atoms with Crippen molar-refractivity contribution in [2.75, 3.05) is 12.8 Å². The molecular weight excluding hydrogens is 350 g/mol. The summed E-state index contributed by atoms with van der Waals surface area (Å²) in [6.07, 6.45) is 11.2. The minimum absolute atomic E-state index is 0.118. The molecule has 140 valence electrons. The van der Waals surface area contributed by atoms with Crippen LogP contribution in [0.2, 0.25) is 0 Å². The number of benzene rings is 1. The molecule has 0 saturated carbocycles. The quantitative estimate of drug-likeness (QED) is 0.777. The maximum atomic E-state index is 12.8. The van der Waals surface area contributed by atoms with Gasteiger partial charge in [0.15, 0.2) is 9.84 Å². The summed E-state index contributed by atoms with van der Waals surface area (Å²) in [5.74, 6) is 0.118. The molecule has 0 aliphatic carbocycles. The Morgan fingerprint density at radius 3 is 2.65 bits per heavy atom. The van der Waals surface area contributed by atoms with E-state index in [1.54, 1.807) is 36.8 Å². The van der Waals surface area contributed by atoms with Crippen LogP contribution in [0.3, 0.4) is 0 Å². The highest BCUT2D eigenvalue weighted by molar-refractivity contribution is 7.90. The van der Waals surface area contributed by atoms with Gasteiger partial charge in [-0.2, -0.15) is 0 Å². The molecule has 1 fully saturated rings. The van der Waals surface area contributed by atoms with Crippen molar-refractivity contribution >= 4 is 15.7 Å². The number of likely N-dealkylation sites (tertiary alicyclic amines) is 1. The van der Waals surface area contributed by atoms with Gasteiger partial charge in [0.05, 0.1) is 17.6 Å². The molecule has 0 spiro atoms. The molecule has 1 saturated heterocycles. The molecule has 1 aliphatic rings. The number of nitrogens with zero attached hydrogens (tertiary/aromatic N) is 3. The van der Waals surface area contributed by atoms with E-state index in [1.807, 2.05) is 15.7 Å². The Labute approximate surface area is 154 Å². The van der Waals surface area contributed by atoms with Gasteiger partial charge < -0.3 is 9.47 Å². The summed E-state index contributed by atoms with van der Waals surface area (Å²) < 4.78 is 25.1. The number of carbonyl (C=O) groups excluding carboxylic acids is 1. The van der Waals surface area contributed by atoms with Gasteiger partial charge in [0.25, 0.3) is 0 Å². The molecule has 2 heterocycles. The second-order valence-electron chi connectivity index (χ2n) is 6.92. The number of aryl methyl sites for hydroxylation is 1. The van der Waals surface area contributed by atoms with Gasteiger partial charge in [0, 0.05) is 37.8 Å². The Morgan fingerprint density at radius 1 is 1.23 bits per heavy atom. The lowest BCUT2D eigenvalue weighted by atomic mass is 9.98. The first-order valence-corrected chi connectivity index (χ1v) is 10.9. The first kappa shape index (κ1) is 18.6. The Kier molecular flexibility index (Phi) is 5.76. The number of aromatic nitrogens is 2. The number of piperidine rings is 1. The molecule has 0 N–H and O–H groups in total. The van der Waals surface area contributed by atoms with Crippen LogP contribution in [0, 0.1) is 0 Å². The summed E-state index contributed by atoms with van der Waals surface area (Å²) in [6, 6.07) is 6.88. The number of carbonyl (C=O) groups is 1. The summed E-state index contributed by atoms with van der Waals surface area (Å²) in [5.41, 5.74) is 0.848. The van der Waals surface area contributed by atoms with Gasteiger partial charge in [-0.25, -0.2) is 13.4 Å². The van der Waals surface area contributed by atoms with E-state index in [0.717, 1.165) is 44.3 Å². The lowest BCUT2D eigenvalue weighted by Crippen LogP contribution is -2.44. The van der Waals surface area contributed by atoms with Crippen molar-refractivity contribution in [1.82, 2.24) is 14.5 Å². The molecule has 1 aliphatic heterocycles. The average molecular weight is 375 g/mol. The number of sulfone groups is 1. The highest BCUT2D eigenvalue weighted by Crippen LogP contribution is 2.22. The molecule has 26 heavy (non-hydrogen) atoms. The van der Waals surface area contributed by atoms with Gasteiger partial charge >= 0.3 is 0 Å². The number of amides is 1. The zero-order valence-corrected chi connectivity index (χ0v) is 15.9. The van der Waals surface area contributed by atoms with E-state index in [1.165, 1.54) is 6.26 Å². The fourth-order valence-corrected chi connectivity index (χ4v) is 4.11. The molecule has 1 aromatic heterocycles. The summed E-state index contributed by atoms with van der Waals surface area (Å²) in [7, 11) is -3.21. The SMILES string of the molecule is CS(=O)(=O)c1ccc(CC(=O)N2CCCC[C@@H]2CCn2ccnc2)cc1. The minimum atomic E-state index is -3.21. The van der Waals surface area contributed by atoms with Gasteiger partial charge in [0.1, 0.15) is 0 Å². The van der Waals surface area contributed by atoms with Crippen LogP contribution in [0.15, 0.2) is 47.9 Å². The fraction of sp³-hybridized carbons (Fsp3) is 0.474. The van der Waals surface area contributed by atoms with E-state index in [9.17, 15) is 13.2 Å². The highest BCUT2D eigenvalue weighted by Gasteiger charge is 2.26. The van der Waals surface area contributed by atoms with Crippen LogP contribution in [0.4, 0.5) is 0 Å². The summed E-state index contributed by atoms with van der Waals surface area (Å²) >= 11 is 0. The van der Waals surface area contributed by atoms with Crippen molar-refractivity contribution in [2.45, 2.75) is 49.6 Å². The van der Waals surface area contributed by atoms with Crippen LogP contribution in [0.5, 0.6) is 0 Å². The largest absolute Gasteiger partial charge is 0.339 e. The number of rotatable bonds is 6. The first-order chi connectivity index (χ1) is 12.4. The molecule has 1 aromatic carbocycles. The van der Waals surface area contributed by atoms with Gasteiger partial charge in [-0.3, -0.25) is 4.79 Å². The van der Waals surface area contributed by atoms with Crippen molar-refractivity contribution in [3.63, 3.8) is 0 Å². The molecule has 0 radical (unpaired) electrons. The van der Waals surface area contributed by atoms with E-state index < -0.39 is 9.84 Å². The molecule has 7 heteroatoms. The van der Waals surface area contributed by atoms with Crippen LogP contribution in [0.1, 0.15) is 31.2 Å². The second kappa shape index (κ2) is 8.03. The maximum absolute atomic E-state index is 12.8. The van der Waals surface area contributed by atoms with Gasteiger partial charge in [-0.15, -0.1) is 0 Å². The topological polar surface area (TPSA) is 72.3 Å². The van der Waals surface area contributed by atoms with Crippen LogP contribution >= 0.6 is 0 Å². The Balaban J connectivity index is 1.62. The van der Waals surface area contributed by atoms with Gasteiger partial charge in [-0.1, -0.05) is 12.1 Å². The van der Waals surface area contributed by atoms with Crippen molar-refractivity contribution in [1.29, 1.82) is 0 Å². The van der Waals surface area contributed by atoms with Gasteiger partial charge in [-0.05, 0) is 43.4 Å². The minimum Gasteiger partial charge on any atom is -0.339 e. The Morgan fingerprint density at radius 2 is 2.00 bits per heavy atom. The molecule has 0 bridgehead atoms. The maximum Gasteiger partial charge on any atom is 0.227 e. The predicted molar refractivity (Wildman–Crippen MR) is 99.5 cm³/mol. The lowest BCUT2D eigenvalue weighted by molar-refractivity contribution is -0.134. The molecule has 1 amide bonds. The first-order valence-electron chi connectivity index (χ1n) is 8.98. The third kappa shape index (κ3) is 4.72. The van der Waals surface area contributed by atoms with E-state index in [-0.39, 0.29) is 16.8 Å². The van der Waals surface area contributed by atoms with Crippen molar-refractivity contribution < 1.29 is 13.2 Å². The zero-order valence-electron chi connectivity index (χ0n) is 15.0. The molecule has 6 nitrogen and oxygen atoms in total. The summed E-state index contributed by atoms with van der Waals surface area (Å²) in [6.45, 7) is 1.66. The zero-order chi connectivity index (χ0) is 18.6. The second-order valence-corrected chi connectivity index (χ2v) is 8.93. The smallest absolute Gasteiger partial charge is 0.227 e. The van der Waals surface area contributed by atoms with E-state index in [4.69, 9.17) is 0 Å². The molecule has 1 atom stereocenters. The summed E-state index contributed by atoms with van der Waals surface area (Å²) in [4.78, 5) is 19.2. The monoisotopic (exact) mass is 375 g/mol. The molecule has 2 aromatic rings. The Bertz CT molecular complexity index is 829. The van der Waals surface area contributed by atoms with Crippen molar-refractivity contribution in [3.8, 4) is 0 Å². The third-order valence-electron chi connectivity index (χ3n) is 4.93. The van der Waals surface area contributed by atoms with Crippen LogP contribution in [-0.4, -0.2) is 47.6 Å². The Hall–Kier alpha value is -2.15. The standard InChI is InChI=1S/C19H25N3O3S/c1-26(24,25)18-7-5-16(6-8-18)14-19(23)22-11-3-2-4-17(22)9-12-21-13-10-20-15-21/h5-8,10,13,15,17H,2-4,9,11-12,14H2,1H3/t17-/m1/s1. The van der Waals surface area contributed by atoms with Gasteiger partial charge in [0.2, 0.25) is 5.91 Å². The van der Waals surface area contributed by atoms with Crippen molar-refractivity contribution in [3.05, 3.63) is 48.5 Å². The lowest BCUT2D eigenvalue weighted by Gasteiger charge is -2.36. The molecular formula is C19H25N3O3S. The van der Waals surface area contributed by atoms with E-state index >= 15 is 0 Å².